The average molecular weight is 614 g/mol. The van der Waals surface area contributed by atoms with Crippen molar-refractivity contribution in [3.8, 4) is 0 Å². The van der Waals surface area contributed by atoms with Gasteiger partial charge < -0.3 is 7.80 Å². The van der Waals surface area contributed by atoms with Gasteiger partial charge in [0.15, 0.2) is 23.0 Å². The molecule has 28 heavy (non-hydrogen) atoms. The smallest absolute Gasteiger partial charge is 0.367 e. The Labute approximate surface area is 197 Å². The van der Waals surface area contributed by atoms with Crippen molar-refractivity contribution in [2.75, 3.05) is 0 Å². The molecule has 0 N–H and O–H groups in total. The van der Waals surface area contributed by atoms with E-state index in [1.54, 1.807) is 45.6 Å². The molecule has 0 aliphatic rings. The Morgan fingerprint density at radius 2 is 1.43 bits per heavy atom. The highest BCUT2D eigenvalue weighted by molar-refractivity contribution is 14.1. The first-order valence-corrected chi connectivity index (χ1v) is 11.5. The van der Waals surface area contributed by atoms with Crippen LogP contribution < -0.4 is 0 Å². The van der Waals surface area contributed by atoms with Crippen molar-refractivity contribution >= 4 is 55.5 Å². The van der Waals surface area contributed by atoms with E-state index in [9.17, 15) is 9.59 Å². The van der Waals surface area contributed by atoms with Crippen LogP contribution in [0, 0.1) is 5.41 Å². The van der Waals surface area contributed by atoms with E-state index in [-0.39, 0.29) is 26.9 Å². The van der Waals surface area contributed by atoms with Crippen molar-refractivity contribution in [2.24, 2.45) is 5.41 Å². The second kappa shape index (κ2) is 10.1. The van der Waals surface area contributed by atoms with Crippen LogP contribution in [0.25, 0.3) is 0 Å². The summed E-state index contributed by atoms with van der Waals surface area (Å²) < 4.78 is 10.1. The molecule has 1 atom stereocenters. The summed E-state index contributed by atoms with van der Waals surface area (Å²) in [6, 6.07) is 8.60. The van der Waals surface area contributed by atoms with Gasteiger partial charge in [-0.3, -0.25) is 4.79 Å². The first kappa shape index (κ1) is 25.7. The number of ether oxygens (including phenoxy) is 1. The Kier molecular flexibility index (Phi) is 9.24. The third-order valence-corrected chi connectivity index (χ3v) is 6.06. The molecule has 158 valence electrons. The molecule has 0 aliphatic carbocycles. The van der Waals surface area contributed by atoms with E-state index in [0.29, 0.717) is 6.42 Å². The zero-order chi connectivity index (χ0) is 21.8. The molecular weight excluding hydrogens is 582 g/mol. The van der Waals surface area contributed by atoms with E-state index in [1.165, 1.54) is 11.1 Å². The lowest BCUT2D eigenvalue weighted by Gasteiger charge is -2.34. The molecule has 0 bridgehead atoms. The maximum atomic E-state index is 12.1. The lowest BCUT2D eigenvalue weighted by molar-refractivity contribution is -0.141. The first-order chi connectivity index (χ1) is 12.7. The average Bonchev–Trinajstić information content (AvgIpc) is 2.58. The number of carbonyl (C=O) groups excluding carboxylic acids is 2. The van der Waals surface area contributed by atoms with Crippen molar-refractivity contribution < 1.29 is 17.4 Å². The number of rotatable bonds is 9. The maximum absolute atomic E-state index is 12.1. The Morgan fingerprint density at radius 1 is 0.964 bits per heavy atom. The largest absolute Gasteiger partial charge is 0.455 e. The molecular formula is C22H32I2O4. The second-order valence-corrected chi connectivity index (χ2v) is 10.7. The monoisotopic (exact) mass is 614 g/mol. The van der Waals surface area contributed by atoms with Crippen LogP contribution in [0.1, 0.15) is 78.9 Å². The normalized spacial score (nSPS) is 13.8. The van der Waals surface area contributed by atoms with Gasteiger partial charge in [0.2, 0.25) is 0 Å². The maximum Gasteiger partial charge on any atom is 0.367 e. The van der Waals surface area contributed by atoms with Crippen molar-refractivity contribution in [3.63, 3.8) is 0 Å². The highest BCUT2D eigenvalue weighted by Gasteiger charge is 2.37. The molecule has 0 spiro atoms. The molecule has 0 heterocycles. The minimum Gasteiger partial charge on any atom is -0.455 e. The summed E-state index contributed by atoms with van der Waals surface area (Å²) >= 11 is 3.34. The van der Waals surface area contributed by atoms with Gasteiger partial charge in [0.25, 0.3) is 0 Å². The van der Waals surface area contributed by atoms with Crippen LogP contribution in [0.2, 0.25) is 0 Å². The highest BCUT2D eigenvalue weighted by atomic mass is 127. The van der Waals surface area contributed by atoms with Crippen LogP contribution in [-0.2, 0) is 23.4 Å². The van der Waals surface area contributed by atoms with E-state index in [4.69, 9.17) is 7.80 Å². The third-order valence-electron chi connectivity index (χ3n) is 5.41. The van der Waals surface area contributed by atoms with Gasteiger partial charge in [-0.1, -0.05) is 58.9 Å². The van der Waals surface area contributed by atoms with Gasteiger partial charge in [0, 0.05) is 0 Å². The Morgan fingerprint density at radius 3 is 1.82 bits per heavy atom. The lowest BCUT2D eigenvalue weighted by atomic mass is 9.70. The van der Waals surface area contributed by atoms with Gasteiger partial charge in [-0.15, -0.1) is 0 Å². The van der Waals surface area contributed by atoms with Crippen molar-refractivity contribution in [3.05, 3.63) is 35.4 Å². The molecule has 0 aliphatic heterocycles. The number of hydrogen-bond donors (Lipinski definition) is 0. The number of benzene rings is 1. The molecule has 1 aromatic rings. The Bertz CT molecular complexity index is 678. The number of halogens is 2. The predicted octanol–water partition coefficient (Wildman–Crippen LogP) is 7.29. The first-order valence-electron chi connectivity index (χ1n) is 9.55. The molecule has 6 heteroatoms. The number of carbonyl (C=O) groups is 2. The van der Waals surface area contributed by atoms with Gasteiger partial charge >= 0.3 is 9.95 Å². The topological polar surface area (TPSA) is 52.6 Å². The van der Waals surface area contributed by atoms with Crippen molar-refractivity contribution in [1.29, 1.82) is 0 Å². The third kappa shape index (κ3) is 7.15. The summed E-state index contributed by atoms with van der Waals surface area (Å²) in [7, 11) is 0. The van der Waals surface area contributed by atoms with Crippen LogP contribution in [0.5, 0.6) is 0 Å². The molecule has 0 amide bonds. The molecule has 0 saturated heterocycles. The molecule has 0 saturated carbocycles. The minimum absolute atomic E-state index is 0.0874. The summed E-state index contributed by atoms with van der Waals surface area (Å²) in [6.07, 6.45) is 2.17. The van der Waals surface area contributed by atoms with Crippen LogP contribution in [0.3, 0.4) is 0 Å². The Hall–Kier alpha value is -0.380. The van der Waals surface area contributed by atoms with Crippen LogP contribution >= 0.6 is 45.6 Å². The molecule has 1 unspecified atom stereocenters. The molecule has 1 rings (SSSR count). The van der Waals surface area contributed by atoms with E-state index in [2.05, 4.69) is 52.0 Å². The summed E-state index contributed by atoms with van der Waals surface area (Å²) in [5.74, 6) is -0.200. The molecule has 1 aromatic carbocycles. The molecule has 0 aromatic heterocycles. The van der Waals surface area contributed by atoms with Gasteiger partial charge in [0.05, 0.1) is 28.0 Å². The van der Waals surface area contributed by atoms with Crippen molar-refractivity contribution in [1.82, 2.24) is 0 Å². The summed E-state index contributed by atoms with van der Waals surface area (Å²) in [5.41, 5.74) is 1.56. The van der Waals surface area contributed by atoms with E-state index < -0.39 is 5.41 Å². The second-order valence-electron chi connectivity index (χ2n) is 9.36. The SMILES string of the molecule is CCC(CC(C)(C)c1ccc(C(C)(C)CC(C)(C)C(=O)OI)cc1)OC(=O)I. The summed E-state index contributed by atoms with van der Waals surface area (Å²) in [5, 5.41) is 0. The van der Waals surface area contributed by atoms with Crippen molar-refractivity contribution in [2.45, 2.75) is 84.7 Å². The molecule has 0 fully saturated rings. The van der Waals surface area contributed by atoms with Gasteiger partial charge in [-0.25, -0.2) is 4.79 Å². The fourth-order valence-corrected chi connectivity index (χ4v) is 4.80. The van der Waals surface area contributed by atoms with Crippen LogP contribution in [0.15, 0.2) is 24.3 Å². The quantitative estimate of drug-likeness (QED) is 0.217. The van der Waals surface area contributed by atoms with Gasteiger partial charge in [0.1, 0.15) is 6.10 Å². The van der Waals surface area contributed by atoms with Gasteiger partial charge in [-0.2, -0.15) is 0 Å². The van der Waals surface area contributed by atoms with E-state index in [1.807, 2.05) is 20.8 Å². The fourth-order valence-electron chi connectivity index (χ4n) is 3.84. The minimum atomic E-state index is -0.555. The lowest BCUT2D eigenvalue weighted by Crippen LogP contribution is -2.33. The summed E-state index contributed by atoms with van der Waals surface area (Å²) in [4.78, 5) is 23.4. The van der Waals surface area contributed by atoms with E-state index in [0.717, 1.165) is 12.8 Å². The fraction of sp³-hybridized carbons (Fsp3) is 0.636. The molecule has 4 nitrogen and oxygen atoms in total. The standard InChI is InChI=1S/C22H32I2O4/c1-8-17(27-19(23)26)13-20(2,3)15-9-11-16(12-10-15)21(4,5)14-22(6,7)18(25)28-24/h9-12,17H,8,13-14H2,1-7H3. The zero-order valence-electron chi connectivity index (χ0n) is 17.9. The predicted molar refractivity (Wildman–Crippen MR) is 130 cm³/mol. The highest BCUT2D eigenvalue weighted by Crippen LogP contribution is 2.39. The zero-order valence-corrected chi connectivity index (χ0v) is 22.2. The van der Waals surface area contributed by atoms with E-state index >= 15 is 0 Å². The summed E-state index contributed by atoms with van der Waals surface area (Å²) in [6.45, 7) is 14.5. The molecule has 0 radical (unpaired) electrons. The Balaban J connectivity index is 3.00. The van der Waals surface area contributed by atoms with Crippen LogP contribution in [0.4, 0.5) is 4.79 Å². The number of hydrogen-bond acceptors (Lipinski definition) is 4. The van der Waals surface area contributed by atoms with Crippen LogP contribution in [-0.4, -0.2) is 16.0 Å². The van der Waals surface area contributed by atoms with Gasteiger partial charge in [-0.05, 0) is 55.1 Å².